The number of carbonyl (C=O) groups excluding carboxylic acids is 1. The smallest absolute Gasteiger partial charge is 0.272 e. The van der Waals surface area contributed by atoms with Gasteiger partial charge in [-0.1, -0.05) is 59.9 Å². The summed E-state index contributed by atoms with van der Waals surface area (Å²) >= 11 is 6.85. The van der Waals surface area contributed by atoms with Crippen LogP contribution in [0, 0.1) is 6.92 Å². The first-order valence-corrected chi connectivity index (χ1v) is 10.2. The molecule has 4 nitrogen and oxygen atoms in total. The second-order valence-corrected chi connectivity index (χ2v) is 8.37. The molecule has 4 rings (SSSR count). The van der Waals surface area contributed by atoms with E-state index >= 15 is 0 Å². The molecule has 0 aromatic heterocycles. The Balaban J connectivity index is 1.43. The molecule has 2 fully saturated rings. The highest BCUT2D eigenvalue weighted by molar-refractivity contribution is 8.27. The molecule has 0 N–H and O–H groups in total. The summed E-state index contributed by atoms with van der Waals surface area (Å²) in [7, 11) is 0. The molecule has 1 amide bonds. The van der Waals surface area contributed by atoms with Crippen molar-refractivity contribution in [1.82, 2.24) is 4.90 Å². The van der Waals surface area contributed by atoms with E-state index in [2.05, 4.69) is 34.1 Å². The highest BCUT2D eigenvalue weighted by Crippen LogP contribution is 2.35. The van der Waals surface area contributed by atoms with Crippen LogP contribution < -0.4 is 9.80 Å². The number of para-hydroxylation sites is 1. The third kappa shape index (κ3) is 3.87. The molecule has 2 heterocycles. The lowest BCUT2D eigenvalue weighted by atomic mass is 10.2. The Morgan fingerprint density at radius 3 is 2.26 bits per heavy atom. The number of carbonyl (C=O) groups is 1. The summed E-state index contributed by atoms with van der Waals surface area (Å²) in [5.41, 5.74) is 3.25. The van der Waals surface area contributed by atoms with Crippen molar-refractivity contribution in [2.24, 2.45) is 0 Å². The Bertz CT molecular complexity index is 872. The lowest BCUT2D eigenvalue weighted by molar-refractivity contribution is -0.113. The van der Waals surface area contributed by atoms with E-state index in [1.807, 2.05) is 43.5 Å². The summed E-state index contributed by atoms with van der Waals surface area (Å²) in [6.45, 7) is 5.70. The van der Waals surface area contributed by atoms with Crippen LogP contribution in [0.5, 0.6) is 0 Å². The molecule has 2 aliphatic heterocycles. The molecule has 0 aliphatic carbocycles. The quantitative estimate of drug-likeness (QED) is 0.578. The van der Waals surface area contributed by atoms with Gasteiger partial charge >= 0.3 is 0 Å². The van der Waals surface area contributed by atoms with E-state index in [0.717, 1.165) is 37.4 Å². The highest BCUT2D eigenvalue weighted by atomic mass is 32.2. The summed E-state index contributed by atoms with van der Waals surface area (Å²) in [6, 6.07) is 18.3. The normalized spacial score (nSPS) is 19.3. The average Bonchev–Trinajstić information content (AvgIpc) is 2.97. The molecule has 0 bridgehead atoms. The van der Waals surface area contributed by atoms with Gasteiger partial charge in [0.05, 0.1) is 10.6 Å². The second kappa shape index (κ2) is 7.74. The SMILES string of the molecule is Cc1ccc(N2C(=O)/C(=C/N3CCN(c4ccccc4)CC3)SC2=S)cc1. The van der Waals surface area contributed by atoms with E-state index in [1.54, 1.807) is 4.90 Å². The Labute approximate surface area is 169 Å². The molecule has 2 saturated heterocycles. The average molecular weight is 396 g/mol. The molecule has 6 heteroatoms. The maximum absolute atomic E-state index is 12.9. The summed E-state index contributed by atoms with van der Waals surface area (Å²) in [5, 5.41) is 0. The van der Waals surface area contributed by atoms with Crippen LogP contribution in [-0.4, -0.2) is 41.3 Å². The largest absolute Gasteiger partial charge is 0.373 e. The van der Waals surface area contributed by atoms with Crippen LogP contribution in [0.15, 0.2) is 65.7 Å². The number of aryl methyl sites for hydroxylation is 1. The van der Waals surface area contributed by atoms with Crippen LogP contribution in [0.1, 0.15) is 5.56 Å². The van der Waals surface area contributed by atoms with Crippen molar-refractivity contribution < 1.29 is 4.79 Å². The lowest BCUT2D eigenvalue weighted by Gasteiger charge is -2.35. The van der Waals surface area contributed by atoms with Gasteiger partial charge in [0.25, 0.3) is 5.91 Å². The first-order valence-electron chi connectivity index (χ1n) is 9.00. The summed E-state index contributed by atoms with van der Waals surface area (Å²) in [5.74, 6) is -0.0284. The van der Waals surface area contributed by atoms with E-state index in [9.17, 15) is 4.79 Å². The number of anilines is 2. The van der Waals surface area contributed by atoms with Crippen LogP contribution in [0.2, 0.25) is 0 Å². The molecule has 0 atom stereocenters. The van der Waals surface area contributed by atoms with E-state index in [4.69, 9.17) is 12.2 Å². The van der Waals surface area contributed by atoms with Crippen molar-refractivity contribution in [3.63, 3.8) is 0 Å². The molecule has 2 aromatic rings. The fourth-order valence-corrected chi connectivity index (χ4v) is 4.59. The van der Waals surface area contributed by atoms with Gasteiger partial charge in [0.2, 0.25) is 0 Å². The summed E-state index contributed by atoms with van der Waals surface area (Å²) < 4.78 is 0.595. The Morgan fingerprint density at radius 1 is 0.926 bits per heavy atom. The fraction of sp³-hybridized carbons (Fsp3) is 0.238. The van der Waals surface area contributed by atoms with Gasteiger partial charge in [-0.25, -0.2) is 0 Å². The number of piperazine rings is 1. The van der Waals surface area contributed by atoms with Crippen molar-refractivity contribution in [2.75, 3.05) is 36.0 Å². The zero-order valence-corrected chi connectivity index (χ0v) is 16.8. The first-order chi connectivity index (χ1) is 13.1. The molecule has 0 spiro atoms. The Kier molecular flexibility index (Phi) is 5.18. The monoisotopic (exact) mass is 395 g/mol. The maximum Gasteiger partial charge on any atom is 0.272 e. The van der Waals surface area contributed by atoms with Gasteiger partial charge in [-0.3, -0.25) is 9.69 Å². The molecular formula is C21H21N3OS2. The van der Waals surface area contributed by atoms with Crippen molar-refractivity contribution in [3.8, 4) is 0 Å². The van der Waals surface area contributed by atoms with Crippen molar-refractivity contribution >= 4 is 45.6 Å². The van der Waals surface area contributed by atoms with Gasteiger partial charge in [-0.15, -0.1) is 0 Å². The minimum absolute atomic E-state index is 0.0284. The topological polar surface area (TPSA) is 26.8 Å². The van der Waals surface area contributed by atoms with E-state index in [-0.39, 0.29) is 5.91 Å². The molecule has 0 unspecified atom stereocenters. The molecule has 2 aliphatic rings. The van der Waals surface area contributed by atoms with Gasteiger partial charge in [0.15, 0.2) is 4.32 Å². The van der Waals surface area contributed by atoms with Crippen LogP contribution in [0.25, 0.3) is 0 Å². The van der Waals surface area contributed by atoms with Crippen LogP contribution >= 0.6 is 24.0 Å². The number of thioether (sulfide) groups is 1. The van der Waals surface area contributed by atoms with Crippen molar-refractivity contribution in [3.05, 3.63) is 71.3 Å². The van der Waals surface area contributed by atoms with E-state index < -0.39 is 0 Å². The molecule has 0 saturated carbocycles. The zero-order valence-electron chi connectivity index (χ0n) is 15.2. The standard InChI is InChI=1S/C21H21N3OS2/c1-16-7-9-18(10-8-16)24-20(25)19(27-21(24)26)15-22-11-13-23(14-12-22)17-5-3-2-4-6-17/h2-10,15H,11-14H2,1H3/b19-15-. The van der Waals surface area contributed by atoms with Crippen LogP contribution in [-0.2, 0) is 4.79 Å². The van der Waals surface area contributed by atoms with Gasteiger partial charge in [0.1, 0.15) is 0 Å². The van der Waals surface area contributed by atoms with Crippen LogP contribution in [0.3, 0.4) is 0 Å². The predicted octanol–water partition coefficient (Wildman–Crippen LogP) is 4.02. The molecular weight excluding hydrogens is 374 g/mol. The van der Waals surface area contributed by atoms with E-state index in [0.29, 0.717) is 9.23 Å². The predicted molar refractivity (Wildman–Crippen MR) is 117 cm³/mol. The number of rotatable bonds is 3. The summed E-state index contributed by atoms with van der Waals surface area (Å²) in [6.07, 6.45) is 1.98. The van der Waals surface area contributed by atoms with Gasteiger partial charge in [-0.05, 0) is 31.2 Å². The Morgan fingerprint density at radius 2 is 1.59 bits per heavy atom. The summed E-state index contributed by atoms with van der Waals surface area (Å²) in [4.78, 5) is 19.8. The molecule has 2 aromatic carbocycles. The second-order valence-electron chi connectivity index (χ2n) is 6.70. The third-order valence-electron chi connectivity index (χ3n) is 4.82. The van der Waals surface area contributed by atoms with Crippen molar-refractivity contribution in [2.45, 2.75) is 6.92 Å². The van der Waals surface area contributed by atoms with Gasteiger partial charge in [0, 0.05) is 38.1 Å². The fourth-order valence-electron chi connectivity index (χ4n) is 3.29. The maximum atomic E-state index is 12.9. The third-order valence-corrected chi connectivity index (χ3v) is 6.11. The van der Waals surface area contributed by atoms with Gasteiger partial charge < -0.3 is 9.80 Å². The molecule has 27 heavy (non-hydrogen) atoms. The van der Waals surface area contributed by atoms with Gasteiger partial charge in [-0.2, -0.15) is 0 Å². The number of nitrogens with zero attached hydrogens (tertiary/aromatic N) is 3. The lowest BCUT2D eigenvalue weighted by Crippen LogP contribution is -2.44. The number of hydrogen-bond acceptors (Lipinski definition) is 5. The van der Waals surface area contributed by atoms with E-state index in [1.165, 1.54) is 17.4 Å². The highest BCUT2D eigenvalue weighted by Gasteiger charge is 2.34. The number of thiocarbonyl (C=S) groups is 1. The van der Waals surface area contributed by atoms with Crippen molar-refractivity contribution in [1.29, 1.82) is 0 Å². The zero-order chi connectivity index (χ0) is 18.8. The molecule has 138 valence electrons. The molecule has 0 radical (unpaired) electrons. The number of hydrogen-bond donors (Lipinski definition) is 0. The Hall–Kier alpha value is -2.31. The minimum atomic E-state index is -0.0284. The number of amides is 1. The van der Waals surface area contributed by atoms with Crippen LogP contribution in [0.4, 0.5) is 11.4 Å². The minimum Gasteiger partial charge on any atom is -0.373 e. The first kappa shape index (κ1) is 18.1. The number of benzene rings is 2.